The minimum absolute atomic E-state index is 0.0678. The van der Waals surface area contributed by atoms with E-state index in [0.29, 0.717) is 6.61 Å². The van der Waals surface area contributed by atoms with E-state index in [0.717, 1.165) is 0 Å². The molecule has 0 aromatic rings. The fourth-order valence-corrected chi connectivity index (χ4v) is 3.41. The smallest absolute Gasteiger partial charge is 0.214 e. The molecule has 0 bridgehead atoms. The third-order valence-corrected chi connectivity index (χ3v) is 4.97. The first-order chi connectivity index (χ1) is 5.46. The van der Waals surface area contributed by atoms with Gasteiger partial charge in [0.15, 0.2) is 14.5 Å². The lowest BCUT2D eigenvalue weighted by Gasteiger charge is -2.39. The monoisotopic (exact) mass is 212 g/mol. The Morgan fingerprint density at radius 2 is 2.25 bits per heavy atom. The van der Waals surface area contributed by atoms with Gasteiger partial charge in [0.2, 0.25) is 5.79 Å². The molecule has 6 heteroatoms. The van der Waals surface area contributed by atoms with Gasteiger partial charge in [-0.25, -0.2) is 8.42 Å². The van der Waals surface area contributed by atoms with Crippen LogP contribution in [0.15, 0.2) is 0 Å². The molecule has 2 rings (SSSR count). The predicted octanol–water partition coefficient (Wildman–Crippen LogP) is 0.111. The molecule has 2 fully saturated rings. The SMILES string of the molecule is C[C@@H]1CO[C@]2(CS(=O)(=O)[C@H]2Cl)O1. The summed E-state index contributed by atoms with van der Waals surface area (Å²) < 4.78 is 31.5. The Kier molecular flexibility index (Phi) is 1.71. The van der Waals surface area contributed by atoms with Crippen LogP contribution < -0.4 is 0 Å². The third kappa shape index (κ3) is 1.00. The molecule has 0 unspecified atom stereocenters. The fraction of sp³-hybridized carbons (Fsp3) is 1.00. The standard InChI is InChI=1S/C6H9ClO4S/c1-4-2-10-6(11-4)3-12(8,9)5(6)7/h4-5H,2-3H2,1H3/t4-,5-,6-/m1/s1. The van der Waals surface area contributed by atoms with E-state index >= 15 is 0 Å². The third-order valence-electron chi connectivity index (χ3n) is 2.03. The van der Waals surface area contributed by atoms with Crippen LogP contribution in [0.4, 0.5) is 0 Å². The fourth-order valence-electron chi connectivity index (χ4n) is 1.45. The van der Waals surface area contributed by atoms with E-state index in [2.05, 4.69) is 0 Å². The molecule has 0 aliphatic carbocycles. The van der Waals surface area contributed by atoms with Gasteiger partial charge in [0.25, 0.3) is 0 Å². The molecule has 0 amide bonds. The van der Waals surface area contributed by atoms with E-state index in [1.807, 2.05) is 6.92 Å². The van der Waals surface area contributed by atoms with Crippen LogP contribution in [0, 0.1) is 0 Å². The average molecular weight is 213 g/mol. The number of alkyl halides is 1. The molecular weight excluding hydrogens is 204 g/mol. The van der Waals surface area contributed by atoms with Crippen LogP contribution >= 0.6 is 11.6 Å². The normalized spacial score (nSPS) is 50.8. The first kappa shape index (κ1) is 8.74. The summed E-state index contributed by atoms with van der Waals surface area (Å²) in [5.41, 5.74) is 0. The topological polar surface area (TPSA) is 52.6 Å². The van der Waals surface area contributed by atoms with Crippen molar-refractivity contribution in [3.63, 3.8) is 0 Å². The van der Waals surface area contributed by atoms with Gasteiger partial charge in [-0.1, -0.05) is 11.6 Å². The van der Waals surface area contributed by atoms with Gasteiger partial charge in [-0.05, 0) is 6.92 Å². The number of rotatable bonds is 0. The highest BCUT2D eigenvalue weighted by Crippen LogP contribution is 2.43. The molecule has 70 valence electrons. The first-order valence-electron chi connectivity index (χ1n) is 3.64. The molecule has 4 nitrogen and oxygen atoms in total. The van der Waals surface area contributed by atoms with Crippen molar-refractivity contribution in [3.8, 4) is 0 Å². The summed E-state index contributed by atoms with van der Waals surface area (Å²) in [7, 11) is -3.16. The summed E-state index contributed by atoms with van der Waals surface area (Å²) in [4.78, 5) is 0. The van der Waals surface area contributed by atoms with Gasteiger partial charge >= 0.3 is 0 Å². The molecule has 2 aliphatic rings. The molecule has 2 saturated heterocycles. The Balaban J connectivity index is 2.19. The van der Waals surface area contributed by atoms with Crippen LogP contribution in [-0.2, 0) is 19.3 Å². The van der Waals surface area contributed by atoms with Gasteiger partial charge in [0.1, 0.15) is 5.75 Å². The summed E-state index contributed by atoms with van der Waals surface area (Å²) in [6.45, 7) is 2.24. The van der Waals surface area contributed by atoms with Crippen molar-refractivity contribution in [2.75, 3.05) is 12.4 Å². The van der Waals surface area contributed by atoms with Gasteiger partial charge in [0.05, 0.1) is 12.7 Å². The average Bonchev–Trinajstić information content (AvgIpc) is 2.32. The molecule has 0 radical (unpaired) electrons. The van der Waals surface area contributed by atoms with Crippen molar-refractivity contribution in [3.05, 3.63) is 0 Å². The largest absolute Gasteiger partial charge is 0.344 e. The second-order valence-electron chi connectivity index (χ2n) is 3.17. The van der Waals surface area contributed by atoms with Crippen molar-refractivity contribution in [2.24, 2.45) is 0 Å². The Bertz CT molecular complexity index is 301. The zero-order valence-electron chi connectivity index (χ0n) is 6.49. The molecule has 0 aromatic heterocycles. The van der Waals surface area contributed by atoms with Crippen LogP contribution in [0.3, 0.4) is 0 Å². The van der Waals surface area contributed by atoms with Crippen molar-refractivity contribution in [1.82, 2.24) is 0 Å². The van der Waals surface area contributed by atoms with E-state index in [-0.39, 0.29) is 11.9 Å². The minimum Gasteiger partial charge on any atom is -0.344 e. The van der Waals surface area contributed by atoms with Gasteiger partial charge < -0.3 is 9.47 Å². The summed E-state index contributed by atoms with van der Waals surface area (Å²) in [6, 6.07) is 0. The highest BCUT2D eigenvalue weighted by Gasteiger charge is 2.63. The highest BCUT2D eigenvalue weighted by molar-refractivity contribution is 7.95. The van der Waals surface area contributed by atoms with E-state index < -0.39 is 20.3 Å². The summed E-state index contributed by atoms with van der Waals surface area (Å²) >= 11 is 5.63. The minimum atomic E-state index is -3.16. The van der Waals surface area contributed by atoms with E-state index in [1.54, 1.807) is 0 Å². The molecule has 3 atom stereocenters. The Labute approximate surface area is 75.7 Å². The Morgan fingerprint density at radius 3 is 2.58 bits per heavy atom. The van der Waals surface area contributed by atoms with Crippen molar-refractivity contribution in [1.29, 1.82) is 0 Å². The van der Waals surface area contributed by atoms with E-state index in [9.17, 15) is 8.42 Å². The number of ether oxygens (including phenoxy) is 2. The summed E-state index contributed by atoms with van der Waals surface area (Å²) in [6.07, 6.45) is -0.0678. The number of hydrogen-bond acceptors (Lipinski definition) is 4. The first-order valence-corrected chi connectivity index (χ1v) is 5.79. The number of hydrogen-bond donors (Lipinski definition) is 0. The molecular formula is C6H9ClO4S. The maximum Gasteiger partial charge on any atom is 0.214 e. The van der Waals surface area contributed by atoms with E-state index in [4.69, 9.17) is 21.1 Å². The molecule has 0 saturated carbocycles. The Hall–Kier alpha value is 0.160. The second kappa shape index (κ2) is 2.35. The van der Waals surface area contributed by atoms with Crippen molar-refractivity contribution >= 4 is 21.4 Å². The lowest BCUT2D eigenvalue weighted by molar-refractivity contribution is -0.149. The quantitative estimate of drug-likeness (QED) is 0.535. The predicted molar refractivity (Wildman–Crippen MR) is 42.7 cm³/mol. The zero-order valence-corrected chi connectivity index (χ0v) is 8.06. The van der Waals surface area contributed by atoms with Crippen LogP contribution in [0.1, 0.15) is 6.92 Å². The molecule has 0 N–H and O–H groups in total. The van der Waals surface area contributed by atoms with Gasteiger partial charge in [-0.3, -0.25) is 0 Å². The summed E-state index contributed by atoms with van der Waals surface area (Å²) in [5, 5.41) is 0. The van der Waals surface area contributed by atoms with Crippen molar-refractivity contribution < 1.29 is 17.9 Å². The number of halogens is 1. The Morgan fingerprint density at radius 1 is 1.58 bits per heavy atom. The lowest BCUT2D eigenvalue weighted by atomic mass is 10.3. The zero-order chi connectivity index (χ0) is 8.98. The van der Waals surface area contributed by atoms with Crippen LogP contribution in [0.5, 0.6) is 0 Å². The second-order valence-corrected chi connectivity index (χ2v) is 5.96. The maximum absolute atomic E-state index is 11.0. The molecule has 1 spiro atoms. The van der Waals surface area contributed by atoms with Gasteiger partial charge in [-0.15, -0.1) is 0 Å². The van der Waals surface area contributed by atoms with Crippen LogP contribution in [0.2, 0.25) is 0 Å². The maximum atomic E-state index is 11.0. The van der Waals surface area contributed by atoms with Crippen LogP contribution in [0.25, 0.3) is 0 Å². The lowest BCUT2D eigenvalue weighted by Crippen LogP contribution is -2.61. The molecule has 2 aliphatic heterocycles. The van der Waals surface area contributed by atoms with E-state index in [1.165, 1.54) is 0 Å². The van der Waals surface area contributed by atoms with Gasteiger partial charge in [0, 0.05) is 0 Å². The molecule has 12 heavy (non-hydrogen) atoms. The highest BCUT2D eigenvalue weighted by atomic mass is 35.5. The van der Waals surface area contributed by atoms with Gasteiger partial charge in [-0.2, -0.15) is 0 Å². The molecule has 0 aromatic carbocycles. The van der Waals surface area contributed by atoms with Crippen molar-refractivity contribution in [2.45, 2.75) is 23.5 Å². The summed E-state index contributed by atoms with van der Waals surface area (Å²) in [5.74, 6) is -1.15. The van der Waals surface area contributed by atoms with Crippen LogP contribution in [-0.4, -0.2) is 37.4 Å². The number of sulfone groups is 1. The molecule has 2 heterocycles.